The van der Waals surface area contributed by atoms with Gasteiger partial charge in [-0.25, -0.2) is 4.98 Å². The average molecular weight is 325 g/mol. The van der Waals surface area contributed by atoms with Crippen LogP contribution >= 0.6 is 11.5 Å². The predicted octanol–water partition coefficient (Wildman–Crippen LogP) is 0.128. The molecule has 2 fully saturated rings. The van der Waals surface area contributed by atoms with Gasteiger partial charge in [-0.1, -0.05) is 6.92 Å². The zero-order chi connectivity index (χ0) is 15.4. The lowest BCUT2D eigenvalue weighted by atomic mass is 10.2. The van der Waals surface area contributed by atoms with Gasteiger partial charge in [0.05, 0.1) is 6.61 Å². The van der Waals surface area contributed by atoms with Crippen LogP contribution in [0, 0.1) is 0 Å². The number of rotatable bonds is 3. The maximum absolute atomic E-state index is 12.5. The lowest BCUT2D eigenvalue weighted by Gasteiger charge is -2.29. The van der Waals surface area contributed by atoms with Gasteiger partial charge in [0, 0.05) is 57.2 Å². The first-order chi connectivity index (χ1) is 10.8. The zero-order valence-electron chi connectivity index (χ0n) is 13.0. The summed E-state index contributed by atoms with van der Waals surface area (Å²) >= 11 is 1.45. The van der Waals surface area contributed by atoms with Crippen molar-refractivity contribution in [1.82, 2.24) is 19.6 Å². The smallest absolute Gasteiger partial charge is 0.253 e. The van der Waals surface area contributed by atoms with Crippen LogP contribution < -0.4 is 10.2 Å². The van der Waals surface area contributed by atoms with Gasteiger partial charge in [-0.05, 0) is 6.42 Å². The van der Waals surface area contributed by atoms with E-state index in [0.717, 1.165) is 56.5 Å². The summed E-state index contributed by atoms with van der Waals surface area (Å²) in [6, 6.07) is 0. The summed E-state index contributed by atoms with van der Waals surface area (Å²) in [6.45, 7) is 7.36. The highest BCUT2D eigenvalue weighted by Crippen LogP contribution is 2.19. The van der Waals surface area contributed by atoms with Gasteiger partial charge in [-0.2, -0.15) is 4.37 Å². The van der Waals surface area contributed by atoms with Crippen LogP contribution in [0.4, 0.5) is 5.13 Å². The summed E-state index contributed by atoms with van der Waals surface area (Å²) in [5.41, 5.74) is 0. The lowest BCUT2D eigenvalue weighted by molar-refractivity contribution is -0.144. The Morgan fingerprint density at radius 1 is 1.41 bits per heavy atom. The van der Waals surface area contributed by atoms with Crippen LogP contribution in [0.3, 0.4) is 0 Å². The largest absolute Gasteiger partial charge is 0.366 e. The number of amides is 1. The van der Waals surface area contributed by atoms with Crippen LogP contribution in [0.5, 0.6) is 0 Å². The average Bonchev–Trinajstić information content (AvgIpc) is 2.92. The van der Waals surface area contributed by atoms with Crippen molar-refractivity contribution >= 4 is 22.6 Å². The molecule has 2 saturated heterocycles. The second-order valence-electron chi connectivity index (χ2n) is 5.58. The molecule has 3 heterocycles. The van der Waals surface area contributed by atoms with E-state index in [9.17, 15) is 4.79 Å². The molecule has 0 aromatic carbocycles. The molecule has 0 radical (unpaired) electrons. The van der Waals surface area contributed by atoms with Crippen molar-refractivity contribution in [3.63, 3.8) is 0 Å². The molecular formula is C14H23N5O2S. The highest BCUT2D eigenvalue weighted by atomic mass is 32.1. The predicted molar refractivity (Wildman–Crippen MR) is 85.3 cm³/mol. The van der Waals surface area contributed by atoms with Crippen LogP contribution in [0.25, 0.3) is 0 Å². The van der Waals surface area contributed by atoms with Crippen LogP contribution in [0.1, 0.15) is 19.2 Å². The standard InChI is InChI=1S/C14H23N5O2S/c1-2-12-16-14(22-17-12)19-6-3-5-18(7-8-19)13(20)11-10-15-4-9-21-11/h11,15H,2-10H2,1H3. The van der Waals surface area contributed by atoms with Crippen molar-refractivity contribution < 1.29 is 9.53 Å². The Morgan fingerprint density at radius 3 is 3.05 bits per heavy atom. The Hall–Kier alpha value is -1.25. The minimum absolute atomic E-state index is 0.112. The van der Waals surface area contributed by atoms with E-state index in [0.29, 0.717) is 13.2 Å². The summed E-state index contributed by atoms with van der Waals surface area (Å²) in [7, 11) is 0. The number of carbonyl (C=O) groups excluding carboxylic acids is 1. The Bertz CT molecular complexity index is 503. The molecule has 2 aliphatic rings. The van der Waals surface area contributed by atoms with Crippen molar-refractivity contribution in [2.24, 2.45) is 0 Å². The maximum atomic E-state index is 12.5. The molecule has 2 aliphatic heterocycles. The quantitative estimate of drug-likeness (QED) is 0.852. The second-order valence-corrected chi connectivity index (χ2v) is 6.31. The van der Waals surface area contributed by atoms with Gasteiger partial charge in [0.25, 0.3) is 5.91 Å². The summed E-state index contributed by atoms with van der Waals surface area (Å²) in [5, 5.41) is 4.19. The molecule has 22 heavy (non-hydrogen) atoms. The summed E-state index contributed by atoms with van der Waals surface area (Å²) < 4.78 is 9.92. The third-order valence-electron chi connectivity index (χ3n) is 4.05. The van der Waals surface area contributed by atoms with Crippen molar-refractivity contribution in [1.29, 1.82) is 0 Å². The fourth-order valence-electron chi connectivity index (χ4n) is 2.77. The number of ether oxygens (including phenoxy) is 1. The summed E-state index contributed by atoms with van der Waals surface area (Å²) in [4.78, 5) is 21.2. The molecule has 0 bridgehead atoms. The number of hydrogen-bond acceptors (Lipinski definition) is 7. The fourth-order valence-corrected chi connectivity index (χ4v) is 3.57. The van der Waals surface area contributed by atoms with E-state index in [1.54, 1.807) is 0 Å². The van der Waals surface area contributed by atoms with Crippen molar-refractivity contribution in [2.45, 2.75) is 25.9 Å². The van der Waals surface area contributed by atoms with E-state index in [4.69, 9.17) is 4.74 Å². The Morgan fingerprint density at radius 2 is 2.32 bits per heavy atom. The number of nitrogens with zero attached hydrogens (tertiary/aromatic N) is 4. The second kappa shape index (κ2) is 7.34. The number of aromatic nitrogens is 2. The third-order valence-corrected chi connectivity index (χ3v) is 4.87. The Labute approximate surface area is 134 Å². The molecular weight excluding hydrogens is 302 g/mol. The zero-order valence-corrected chi connectivity index (χ0v) is 13.8. The van der Waals surface area contributed by atoms with E-state index < -0.39 is 0 Å². The number of hydrogen-bond donors (Lipinski definition) is 1. The minimum Gasteiger partial charge on any atom is -0.366 e. The van der Waals surface area contributed by atoms with E-state index >= 15 is 0 Å². The van der Waals surface area contributed by atoms with Gasteiger partial charge < -0.3 is 19.9 Å². The van der Waals surface area contributed by atoms with Gasteiger partial charge >= 0.3 is 0 Å². The van der Waals surface area contributed by atoms with E-state index in [-0.39, 0.29) is 12.0 Å². The molecule has 1 aromatic rings. The summed E-state index contributed by atoms with van der Waals surface area (Å²) in [6.07, 6.45) is 1.49. The third kappa shape index (κ3) is 3.56. The summed E-state index contributed by atoms with van der Waals surface area (Å²) in [5.74, 6) is 1.01. The molecule has 1 aromatic heterocycles. The SMILES string of the molecule is CCc1nsc(N2CCCN(C(=O)C3CNCCO3)CC2)n1. The first-order valence-electron chi connectivity index (χ1n) is 7.96. The number of aryl methyl sites for hydroxylation is 1. The number of carbonyl (C=O) groups is 1. The van der Waals surface area contributed by atoms with E-state index in [1.807, 2.05) is 4.90 Å². The van der Waals surface area contributed by atoms with Crippen LogP contribution in [-0.2, 0) is 16.0 Å². The Balaban J connectivity index is 1.58. The normalized spacial score (nSPS) is 23.4. The molecule has 1 amide bonds. The Kier molecular flexibility index (Phi) is 5.22. The molecule has 0 aliphatic carbocycles. The maximum Gasteiger partial charge on any atom is 0.253 e. The van der Waals surface area contributed by atoms with Crippen LogP contribution in [0.2, 0.25) is 0 Å². The molecule has 1 atom stereocenters. The molecule has 8 heteroatoms. The number of anilines is 1. The molecule has 122 valence electrons. The van der Waals surface area contributed by atoms with Crippen LogP contribution in [0.15, 0.2) is 0 Å². The highest BCUT2D eigenvalue weighted by molar-refractivity contribution is 7.09. The fraction of sp³-hybridized carbons (Fsp3) is 0.786. The van der Waals surface area contributed by atoms with Crippen molar-refractivity contribution in [2.75, 3.05) is 50.8 Å². The van der Waals surface area contributed by atoms with E-state index in [2.05, 4.69) is 26.5 Å². The molecule has 1 unspecified atom stereocenters. The van der Waals surface area contributed by atoms with Gasteiger partial charge in [0.2, 0.25) is 5.13 Å². The molecule has 0 spiro atoms. The number of morpholine rings is 1. The molecule has 0 saturated carbocycles. The van der Waals surface area contributed by atoms with Gasteiger partial charge in [0.15, 0.2) is 0 Å². The van der Waals surface area contributed by atoms with Crippen molar-refractivity contribution in [3.05, 3.63) is 5.82 Å². The molecule has 1 N–H and O–H groups in total. The highest BCUT2D eigenvalue weighted by Gasteiger charge is 2.28. The monoisotopic (exact) mass is 325 g/mol. The van der Waals surface area contributed by atoms with Crippen molar-refractivity contribution in [3.8, 4) is 0 Å². The van der Waals surface area contributed by atoms with Gasteiger partial charge in [-0.15, -0.1) is 0 Å². The first kappa shape index (κ1) is 15.6. The van der Waals surface area contributed by atoms with Crippen LogP contribution in [-0.4, -0.2) is 72.1 Å². The first-order valence-corrected chi connectivity index (χ1v) is 8.74. The van der Waals surface area contributed by atoms with E-state index in [1.165, 1.54) is 11.5 Å². The molecule has 7 nitrogen and oxygen atoms in total. The number of nitrogens with one attached hydrogen (secondary N) is 1. The topological polar surface area (TPSA) is 70.6 Å². The lowest BCUT2D eigenvalue weighted by Crippen LogP contribution is -2.50. The van der Waals surface area contributed by atoms with Gasteiger partial charge in [0.1, 0.15) is 11.9 Å². The minimum atomic E-state index is -0.325. The van der Waals surface area contributed by atoms with Gasteiger partial charge in [-0.3, -0.25) is 4.79 Å². The molecule has 3 rings (SSSR count).